The molecule has 0 spiro atoms. The van der Waals surface area contributed by atoms with Crippen molar-refractivity contribution in [2.75, 3.05) is 6.61 Å². The van der Waals surface area contributed by atoms with Gasteiger partial charge in [0.1, 0.15) is 11.6 Å². The number of aryl methyl sites for hydroxylation is 1. The smallest absolute Gasteiger partial charge is 0.244 e. The van der Waals surface area contributed by atoms with Crippen LogP contribution in [0.3, 0.4) is 0 Å². The summed E-state index contributed by atoms with van der Waals surface area (Å²) in [6.45, 7) is 7.92. The number of ether oxygens (including phenoxy) is 1. The lowest BCUT2D eigenvalue weighted by Gasteiger charge is -2.16. The highest BCUT2D eigenvalue weighted by Crippen LogP contribution is 2.23. The van der Waals surface area contributed by atoms with Crippen molar-refractivity contribution in [1.82, 2.24) is 14.9 Å². The summed E-state index contributed by atoms with van der Waals surface area (Å²) in [6.07, 6.45) is 6.42. The number of aromatic nitrogens is 2. The molecule has 1 aromatic heterocycles. The Morgan fingerprint density at radius 3 is 2.46 bits per heavy atom. The summed E-state index contributed by atoms with van der Waals surface area (Å²) < 4.78 is 8.21. The molecule has 0 radical (unpaired) electrons. The molecule has 37 heavy (non-hydrogen) atoms. The van der Waals surface area contributed by atoms with E-state index in [1.165, 1.54) is 5.56 Å². The molecule has 0 saturated heterocycles. The molecule has 4 rings (SSSR count). The summed E-state index contributed by atoms with van der Waals surface area (Å²) in [6, 6.07) is 26.2. The maximum absolute atomic E-state index is 12.6. The highest BCUT2D eigenvalue weighted by Gasteiger charge is 2.17. The third kappa shape index (κ3) is 7.10. The maximum Gasteiger partial charge on any atom is 0.244 e. The first-order valence-corrected chi connectivity index (χ1v) is 13.3. The average Bonchev–Trinajstić information content (AvgIpc) is 3.31. The summed E-state index contributed by atoms with van der Waals surface area (Å²) >= 11 is 0. The standard InChI is InChI=1S/C32H37N3O2/c1-4-24(2)27-17-19-28(20-18-27)37-23-11-10-22-35-30-15-9-8-14-29(30)34-32(35)25(3)33-31(36)21-16-26-12-6-5-7-13-26/h5-9,12-21,24-25H,4,10-11,22-23H2,1-3H3,(H,33,36)/b21-16-. The number of carbonyl (C=O) groups excluding carboxylic acids is 1. The van der Waals surface area contributed by atoms with E-state index in [1.54, 1.807) is 6.08 Å². The van der Waals surface area contributed by atoms with Crippen LogP contribution in [0.25, 0.3) is 17.1 Å². The molecule has 4 aromatic rings. The van der Waals surface area contributed by atoms with Gasteiger partial charge < -0.3 is 14.6 Å². The van der Waals surface area contributed by atoms with Crippen LogP contribution in [0.4, 0.5) is 0 Å². The first kappa shape index (κ1) is 26.2. The van der Waals surface area contributed by atoms with Crippen LogP contribution in [-0.4, -0.2) is 22.1 Å². The molecule has 2 atom stereocenters. The molecule has 1 amide bonds. The molecule has 0 saturated carbocycles. The number of rotatable bonds is 12. The van der Waals surface area contributed by atoms with Gasteiger partial charge in [0.05, 0.1) is 23.7 Å². The number of carbonyl (C=O) groups is 1. The molecule has 5 nitrogen and oxygen atoms in total. The van der Waals surface area contributed by atoms with Crippen LogP contribution in [-0.2, 0) is 11.3 Å². The van der Waals surface area contributed by atoms with E-state index in [0.29, 0.717) is 12.5 Å². The zero-order chi connectivity index (χ0) is 26.0. The number of imidazole rings is 1. The molecule has 2 unspecified atom stereocenters. The molecular weight excluding hydrogens is 458 g/mol. The van der Waals surface area contributed by atoms with E-state index >= 15 is 0 Å². The van der Waals surface area contributed by atoms with Gasteiger partial charge in [-0.2, -0.15) is 0 Å². The summed E-state index contributed by atoms with van der Waals surface area (Å²) in [4.78, 5) is 17.4. The van der Waals surface area contributed by atoms with Crippen LogP contribution in [0, 0.1) is 0 Å². The van der Waals surface area contributed by atoms with E-state index in [0.717, 1.165) is 54.0 Å². The lowest BCUT2D eigenvalue weighted by Crippen LogP contribution is -2.27. The molecule has 5 heteroatoms. The van der Waals surface area contributed by atoms with Gasteiger partial charge in [0.15, 0.2) is 0 Å². The van der Waals surface area contributed by atoms with Crippen molar-refractivity contribution >= 4 is 23.0 Å². The Bertz CT molecular complexity index is 1310. The number of benzene rings is 3. The van der Waals surface area contributed by atoms with Crippen LogP contribution in [0.1, 0.15) is 68.9 Å². The molecular formula is C32H37N3O2. The van der Waals surface area contributed by atoms with Gasteiger partial charge in [-0.05, 0) is 73.6 Å². The van der Waals surface area contributed by atoms with Crippen molar-refractivity contribution in [1.29, 1.82) is 0 Å². The van der Waals surface area contributed by atoms with Crippen molar-refractivity contribution in [3.05, 3.63) is 102 Å². The van der Waals surface area contributed by atoms with Crippen molar-refractivity contribution in [3.8, 4) is 5.75 Å². The summed E-state index contributed by atoms with van der Waals surface area (Å²) in [5, 5.41) is 3.07. The van der Waals surface area contributed by atoms with Crippen LogP contribution in [0.5, 0.6) is 5.75 Å². The van der Waals surface area contributed by atoms with Gasteiger partial charge in [-0.1, -0.05) is 68.4 Å². The van der Waals surface area contributed by atoms with E-state index < -0.39 is 0 Å². The Labute approximate surface area is 220 Å². The van der Waals surface area contributed by atoms with Crippen LogP contribution < -0.4 is 10.1 Å². The third-order valence-corrected chi connectivity index (χ3v) is 6.76. The Hall–Kier alpha value is -3.86. The number of amides is 1. The first-order chi connectivity index (χ1) is 18.0. The molecule has 0 bridgehead atoms. The van der Waals surface area contributed by atoms with Gasteiger partial charge in [0.25, 0.3) is 0 Å². The zero-order valence-electron chi connectivity index (χ0n) is 22.1. The second-order valence-corrected chi connectivity index (χ2v) is 9.52. The fourth-order valence-corrected chi connectivity index (χ4v) is 4.41. The molecule has 0 fully saturated rings. The van der Waals surface area contributed by atoms with E-state index in [2.05, 4.69) is 54.1 Å². The van der Waals surface area contributed by atoms with E-state index in [9.17, 15) is 4.79 Å². The number of para-hydroxylation sites is 2. The van der Waals surface area contributed by atoms with Crippen molar-refractivity contribution in [2.24, 2.45) is 0 Å². The minimum Gasteiger partial charge on any atom is -0.494 e. The van der Waals surface area contributed by atoms with Crippen molar-refractivity contribution < 1.29 is 9.53 Å². The summed E-state index contributed by atoms with van der Waals surface area (Å²) in [5.41, 5.74) is 4.37. The monoisotopic (exact) mass is 495 g/mol. The van der Waals surface area contributed by atoms with Gasteiger partial charge in [-0.25, -0.2) is 4.98 Å². The zero-order valence-corrected chi connectivity index (χ0v) is 22.1. The predicted molar refractivity (Wildman–Crippen MR) is 152 cm³/mol. The molecule has 3 aromatic carbocycles. The normalized spacial score (nSPS) is 13.1. The Morgan fingerprint density at radius 1 is 0.973 bits per heavy atom. The minimum absolute atomic E-state index is 0.136. The SMILES string of the molecule is CCC(C)c1ccc(OCCCCn2c(C(C)NC(=O)/C=C\c3ccccc3)nc3ccccc32)cc1. The average molecular weight is 496 g/mol. The van der Waals surface area contributed by atoms with Crippen molar-refractivity contribution in [3.63, 3.8) is 0 Å². The number of hydrogen-bond acceptors (Lipinski definition) is 3. The molecule has 0 aliphatic carbocycles. The second kappa shape index (κ2) is 12.9. The number of unbranched alkanes of at least 4 members (excludes halogenated alkanes) is 1. The highest BCUT2D eigenvalue weighted by molar-refractivity contribution is 5.92. The highest BCUT2D eigenvalue weighted by atomic mass is 16.5. The van der Waals surface area contributed by atoms with Gasteiger partial charge in [-0.15, -0.1) is 0 Å². The Morgan fingerprint density at radius 2 is 1.70 bits per heavy atom. The lowest BCUT2D eigenvalue weighted by atomic mass is 9.99. The Balaban J connectivity index is 1.34. The lowest BCUT2D eigenvalue weighted by molar-refractivity contribution is -0.117. The molecule has 1 heterocycles. The van der Waals surface area contributed by atoms with Crippen molar-refractivity contribution in [2.45, 2.75) is 58.5 Å². The van der Waals surface area contributed by atoms with Crippen LogP contribution >= 0.6 is 0 Å². The Kier molecular flexibility index (Phi) is 9.14. The van der Waals surface area contributed by atoms with Gasteiger partial charge in [-0.3, -0.25) is 4.79 Å². The quantitative estimate of drug-likeness (QED) is 0.166. The van der Waals surface area contributed by atoms with Gasteiger partial charge in [0, 0.05) is 12.6 Å². The molecule has 192 valence electrons. The van der Waals surface area contributed by atoms with E-state index in [-0.39, 0.29) is 11.9 Å². The van der Waals surface area contributed by atoms with E-state index in [1.807, 2.05) is 61.5 Å². The second-order valence-electron chi connectivity index (χ2n) is 9.52. The third-order valence-electron chi connectivity index (χ3n) is 6.76. The van der Waals surface area contributed by atoms with Crippen LogP contribution in [0.2, 0.25) is 0 Å². The number of fused-ring (bicyclic) bond motifs is 1. The summed E-state index contributed by atoms with van der Waals surface area (Å²) in [5.74, 6) is 2.22. The number of hydrogen-bond donors (Lipinski definition) is 1. The van der Waals surface area contributed by atoms with Crippen LogP contribution in [0.15, 0.2) is 84.9 Å². The minimum atomic E-state index is -0.222. The molecule has 0 aliphatic heterocycles. The summed E-state index contributed by atoms with van der Waals surface area (Å²) in [7, 11) is 0. The molecule has 0 aliphatic rings. The molecule has 1 N–H and O–H groups in total. The maximum atomic E-state index is 12.6. The fourth-order valence-electron chi connectivity index (χ4n) is 4.41. The number of nitrogens with one attached hydrogen (secondary N) is 1. The number of nitrogens with zero attached hydrogens (tertiary/aromatic N) is 2. The first-order valence-electron chi connectivity index (χ1n) is 13.3. The van der Waals surface area contributed by atoms with E-state index in [4.69, 9.17) is 9.72 Å². The largest absolute Gasteiger partial charge is 0.494 e. The topological polar surface area (TPSA) is 56.1 Å². The van der Waals surface area contributed by atoms with Gasteiger partial charge in [0.2, 0.25) is 5.91 Å². The fraction of sp³-hybridized carbons (Fsp3) is 0.312. The predicted octanol–water partition coefficient (Wildman–Crippen LogP) is 7.30. The van der Waals surface area contributed by atoms with Gasteiger partial charge >= 0.3 is 0 Å².